The second-order valence-corrected chi connectivity index (χ2v) is 6.38. The van der Waals surface area contributed by atoms with Crippen molar-refractivity contribution in [2.75, 3.05) is 20.3 Å². The number of nitrogens with one attached hydrogen (secondary N) is 1. The van der Waals surface area contributed by atoms with E-state index in [1.165, 1.54) is 11.9 Å². The summed E-state index contributed by atoms with van der Waals surface area (Å²) in [4.78, 5) is 38.9. The Balaban J connectivity index is 1.97. The Labute approximate surface area is 168 Å². The van der Waals surface area contributed by atoms with E-state index in [0.717, 1.165) is 5.56 Å². The molecule has 2 aromatic rings. The van der Waals surface area contributed by atoms with Gasteiger partial charge in [-0.3, -0.25) is 4.90 Å². The van der Waals surface area contributed by atoms with Crippen molar-refractivity contribution in [3.8, 4) is 0 Å². The highest BCUT2D eigenvalue weighted by Crippen LogP contribution is 2.31. The Morgan fingerprint density at radius 2 is 1.59 bits per heavy atom. The van der Waals surface area contributed by atoms with Crippen molar-refractivity contribution in [3.05, 3.63) is 83.1 Å². The molecule has 1 heterocycles. The highest BCUT2D eigenvalue weighted by Gasteiger charge is 2.37. The van der Waals surface area contributed by atoms with Gasteiger partial charge in [-0.1, -0.05) is 48.5 Å². The van der Waals surface area contributed by atoms with E-state index in [4.69, 9.17) is 9.47 Å². The molecule has 2 aromatic carbocycles. The molecule has 0 fully saturated rings. The highest BCUT2D eigenvalue weighted by molar-refractivity contribution is 5.95. The minimum atomic E-state index is -0.704. The molecule has 1 atom stereocenters. The lowest BCUT2D eigenvalue weighted by Crippen LogP contribution is -2.48. The third kappa shape index (κ3) is 4.45. The van der Waals surface area contributed by atoms with Crippen molar-refractivity contribution in [1.82, 2.24) is 10.2 Å². The van der Waals surface area contributed by atoms with E-state index < -0.39 is 24.0 Å². The first-order chi connectivity index (χ1) is 14.0. The molecule has 2 amide bonds. The number of hydrogen-bond acceptors (Lipinski definition) is 5. The van der Waals surface area contributed by atoms with Crippen LogP contribution >= 0.6 is 0 Å². The lowest BCUT2D eigenvalue weighted by Gasteiger charge is -2.34. The topological polar surface area (TPSA) is 84.9 Å². The summed E-state index contributed by atoms with van der Waals surface area (Å²) < 4.78 is 10.6. The van der Waals surface area contributed by atoms with Crippen LogP contribution in [0.25, 0.3) is 0 Å². The van der Waals surface area contributed by atoms with Crippen LogP contribution in [0.4, 0.5) is 4.79 Å². The smallest absolute Gasteiger partial charge is 0.338 e. The van der Waals surface area contributed by atoms with Gasteiger partial charge < -0.3 is 14.8 Å². The second-order valence-electron chi connectivity index (χ2n) is 6.38. The average molecular weight is 394 g/mol. The van der Waals surface area contributed by atoms with Gasteiger partial charge in [0, 0.05) is 7.05 Å². The summed E-state index contributed by atoms with van der Waals surface area (Å²) in [6, 6.07) is 16.5. The normalized spacial score (nSPS) is 16.3. The van der Waals surface area contributed by atoms with Gasteiger partial charge in [-0.25, -0.2) is 14.4 Å². The quantitative estimate of drug-likeness (QED) is 0.761. The predicted octanol–water partition coefficient (Wildman–Crippen LogP) is 3.06. The van der Waals surface area contributed by atoms with E-state index in [2.05, 4.69) is 5.32 Å². The van der Waals surface area contributed by atoms with E-state index in [-0.39, 0.29) is 24.5 Å². The van der Waals surface area contributed by atoms with E-state index in [9.17, 15) is 14.4 Å². The molecule has 7 nitrogen and oxygen atoms in total. The molecule has 150 valence electrons. The molecule has 0 radical (unpaired) electrons. The van der Waals surface area contributed by atoms with Crippen LogP contribution in [-0.4, -0.2) is 43.1 Å². The minimum absolute atomic E-state index is 0.179. The molecule has 0 saturated carbocycles. The first-order valence-electron chi connectivity index (χ1n) is 9.24. The van der Waals surface area contributed by atoms with Crippen LogP contribution in [0.2, 0.25) is 0 Å². The number of ether oxygens (including phenoxy) is 2. The van der Waals surface area contributed by atoms with Gasteiger partial charge in [-0.15, -0.1) is 0 Å². The molecule has 0 bridgehead atoms. The van der Waals surface area contributed by atoms with Crippen LogP contribution in [-0.2, 0) is 14.3 Å². The van der Waals surface area contributed by atoms with Gasteiger partial charge in [0.25, 0.3) is 0 Å². The summed E-state index contributed by atoms with van der Waals surface area (Å²) in [5.41, 5.74) is 1.63. The van der Waals surface area contributed by atoms with Crippen molar-refractivity contribution in [3.63, 3.8) is 0 Å². The minimum Gasteiger partial charge on any atom is -0.463 e. The third-order valence-electron chi connectivity index (χ3n) is 4.55. The third-order valence-corrected chi connectivity index (χ3v) is 4.55. The molecule has 0 aromatic heterocycles. The van der Waals surface area contributed by atoms with Gasteiger partial charge in [-0.2, -0.15) is 0 Å². The number of benzene rings is 2. The number of nitrogens with zero attached hydrogens (tertiary/aromatic N) is 1. The van der Waals surface area contributed by atoms with Crippen molar-refractivity contribution < 1.29 is 23.9 Å². The largest absolute Gasteiger partial charge is 0.463 e. The fourth-order valence-electron chi connectivity index (χ4n) is 3.07. The summed E-state index contributed by atoms with van der Waals surface area (Å²) in [6.07, 6.45) is 0. The maximum atomic E-state index is 12.8. The molecule has 0 spiro atoms. The standard InChI is InChI=1S/C22H22N2O5/c1-3-28-21(26)18-17(14-29-20(25)16-12-8-5-9-13-16)24(2)22(27)23-19(18)15-10-6-4-7-11-15/h4-13,19H,3,14H2,1-2H3,(H,23,27)/t19-/m1/s1. The number of esters is 2. The van der Waals surface area contributed by atoms with Crippen LogP contribution in [0, 0.1) is 0 Å². The fraction of sp³-hybridized carbons (Fsp3) is 0.227. The monoisotopic (exact) mass is 394 g/mol. The summed E-state index contributed by atoms with van der Waals surface area (Å²) in [5.74, 6) is -1.11. The van der Waals surface area contributed by atoms with Gasteiger partial charge in [0.15, 0.2) is 0 Å². The first-order valence-corrected chi connectivity index (χ1v) is 9.24. The van der Waals surface area contributed by atoms with E-state index in [1.54, 1.807) is 37.3 Å². The molecule has 3 rings (SSSR count). The lowest BCUT2D eigenvalue weighted by atomic mass is 9.95. The molecule has 1 aliphatic rings. The lowest BCUT2D eigenvalue weighted by molar-refractivity contribution is -0.139. The van der Waals surface area contributed by atoms with E-state index in [1.807, 2.05) is 30.3 Å². The summed E-state index contributed by atoms with van der Waals surface area (Å²) in [5, 5.41) is 2.81. The highest BCUT2D eigenvalue weighted by atomic mass is 16.5. The SMILES string of the molecule is CCOC(=O)C1=C(COC(=O)c2ccccc2)N(C)C(=O)N[C@@H]1c1ccccc1. The van der Waals surface area contributed by atoms with Gasteiger partial charge in [0.1, 0.15) is 6.61 Å². The van der Waals surface area contributed by atoms with Crippen LogP contribution < -0.4 is 5.32 Å². The molecule has 1 N–H and O–H groups in total. The number of rotatable bonds is 6. The number of urea groups is 1. The maximum absolute atomic E-state index is 12.8. The van der Waals surface area contributed by atoms with Crippen molar-refractivity contribution in [1.29, 1.82) is 0 Å². The Morgan fingerprint density at radius 3 is 2.21 bits per heavy atom. The van der Waals surface area contributed by atoms with Crippen LogP contribution in [0.3, 0.4) is 0 Å². The first kappa shape index (κ1) is 20.1. The van der Waals surface area contributed by atoms with E-state index in [0.29, 0.717) is 5.56 Å². The van der Waals surface area contributed by atoms with Gasteiger partial charge >= 0.3 is 18.0 Å². The Kier molecular flexibility index (Phi) is 6.29. The molecular weight excluding hydrogens is 372 g/mol. The molecule has 1 aliphatic heterocycles. The fourth-order valence-corrected chi connectivity index (χ4v) is 3.07. The van der Waals surface area contributed by atoms with Gasteiger partial charge in [0.2, 0.25) is 0 Å². The second kappa shape index (κ2) is 9.05. The zero-order chi connectivity index (χ0) is 20.8. The number of carbonyl (C=O) groups is 3. The Hall–Kier alpha value is -3.61. The van der Waals surface area contributed by atoms with Crippen LogP contribution in [0.5, 0.6) is 0 Å². The van der Waals surface area contributed by atoms with Crippen LogP contribution in [0.1, 0.15) is 28.9 Å². The van der Waals surface area contributed by atoms with Gasteiger partial charge in [0.05, 0.1) is 29.5 Å². The molecule has 0 aliphatic carbocycles. The van der Waals surface area contributed by atoms with Crippen molar-refractivity contribution >= 4 is 18.0 Å². The van der Waals surface area contributed by atoms with E-state index >= 15 is 0 Å². The Morgan fingerprint density at radius 1 is 0.966 bits per heavy atom. The van der Waals surface area contributed by atoms with Crippen molar-refractivity contribution in [2.45, 2.75) is 13.0 Å². The maximum Gasteiger partial charge on any atom is 0.338 e. The number of carbonyl (C=O) groups excluding carboxylic acids is 3. The molecule has 0 saturated heterocycles. The summed E-state index contributed by atoms with van der Waals surface area (Å²) in [6.45, 7) is 1.64. The van der Waals surface area contributed by atoms with Crippen LogP contribution in [0.15, 0.2) is 71.9 Å². The summed E-state index contributed by atoms with van der Waals surface area (Å²) >= 11 is 0. The molecular formula is C22H22N2O5. The van der Waals surface area contributed by atoms with Crippen molar-refractivity contribution in [2.24, 2.45) is 0 Å². The molecule has 29 heavy (non-hydrogen) atoms. The Bertz CT molecular complexity index is 925. The summed E-state index contributed by atoms with van der Waals surface area (Å²) in [7, 11) is 1.52. The zero-order valence-corrected chi connectivity index (χ0v) is 16.3. The number of likely N-dealkylation sites (N-methyl/N-ethyl adjacent to an activating group) is 1. The van der Waals surface area contributed by atoms with Gasteiger partial charge in [-0.05, 0) is 24.6 Å². The molecule has 0 unspecified atom stereocenters. The number of amides is 2. The number of hydrogen-bond donors (Lipinski definition) is 1. The predicted molar refractivity (Wildman–Crippen MR) is 106 cm³/mol. The molecule has 7 heteroatoms. The zero-order valence-electron chi connectivity index (χ0n) is 16.3. The average Bonchev–Trinajstić information content (AvgIpc) is 2.75.